The first kappa shape index (κ1) is 21.0. The number of benzene rings is 1. The van der Waals surface area contributed by atoms with Gasteiger partial charge in [0.05, 0.1) is 16.6 Å². The van der Waals surface area contributed by atoms with Gasteiger partial charge in [-0.1, -0.05) is 0 Å². The molecular weight excluding hydrogens is 401 g/mol. The summed E-state index contributed by atoms with van der Waals surface area (Å²) in [4.78, 5) is 33.2. The second-order valence-electron chi connectivity index (χ2n) is 8.18. The molecule has 160 valence electrons. The van der Waals surface area contributed by atoms with Crippen LogP contribution in [0.4, 0.5) is 4.39 Å². The summed E-state index contributed by atoms with van der Waals surface area (Å²) in [7, 11) is 0. The number of nitrogens with zero attached hydrogens (tertiary/aromatic N) is 2. The molecule has 0 spiro atoms. The van der Waals surface area contributed by atoms with Crippen LogP contribution >= 0.6 is 11.3 Å². The average molecular weight is 430 g/mol. The maximum atomic E-state index is 13.1. The molecule has 1 saturated heterocycles. The number of hydrogen-bond donors (Lipinski definition) is 1. The highest BCUT2D eigenvalue weighted by Crippen LogP contribution is 2.27. The number of rotatable bonds is 6. The first-order chi connectivity index (χ1) is 14.6. The van der Waals surface area contributed by atoms with Gasteiger partial charge in [0, 0.05) is 36.5 Å². The minimum Gasteiger partial charge on any atom is -0.356 e. The van der Waals surface area contributed by atoms with Crippen molar-refractivity contribution in [1.29, 1.82) is 0 Å². The third-order valence-electron chi connectivity index (χ3n) is 5.93. The molecule has 1 N–H and O–H groups in total. The Morgan fingerprint density at radius 2 is 1.97 bits per heavy atom. The highest BCUT2D eigenvalue weighted by atomic mass is 32.1. The van der Waals surface area contributed by atoms with E-state index in [4.69, 9.17) is 4.98 Å². The first-order valence-corrected chi connectivity index (χ1v) is 11.7. The molecule has 7 heteroatoms. The number of carbonyl (C=O) groups is 2. The lowest BCUT2D eigenvalue weighted by atomic mass is 9.96. The van der Waals surface area contributed by atoms with Crippen LogP contribution in [0, 0.1) is 11.7 Å². The molecule has 0 saturated carbocycles. The van der Waals surface area contributed by atoms with Crippen LogP contribution in [0.1, 0.15) is 58.0 Å². The number of amides is 2. The summed E-state index contributed by atoms with van der Waals surface area (Å²) in [5.41, 5.74) is 1.75. The molecule has 1 unspecified atom stereocenters. The molecule has 0 radical (unpaired) electrons. The van der Waals surface area contributed by atoms with Crippen LogP contribution in [0.2, 0.25) is 0 Å². The van der Waals surface area contributed by atoms with E-state index in [2.05, 4.69) is 5.32 Å². The lowest BCUT2D eigenvalue weighted by molar-refractivity contribution is -0.126. The molecule has 1 atom stereocenters. The molecule has 2 heterocycles. The Hall–Kier alpha value is -2.28. The highest BCUT2D eigenvalue weighted by Gasteiger charge is 2.28. The number of nitrogens with one attached hydrogen (secondary N) is 1. The van der Waals surface area contributed by atoms with Gasteiger partial charge in [-0.3, -0.25) is 9.59 Å². The quantitative estimate of drug-likeness (QED) is 0.711. The minimum atomic E-state index is -0.361. The smallest absolute Gasteiger partial charge is 0.253 e. The Morgan fingerprint density at radius 3 is 2.77 bits per heavy atom. The van der Waals surface area contributed by atoms with Crippen LogP contribution < -0.4 is 5.32 Å². The van der Waals surface area contributed by atoms with E-state index in [-0.39, 0.29) is 23.5 Å². The Balaban J connectivity index is 1.22. The number of fused-ring (bicyclic) bond motifs is 1. The van der Waals surface area contributed by atoms with Crippen LogP contribution in [0.3, 0.4) is 0 Å². The molecule has 1 aromatic carbocycles. The van der Waals surface area contributed by atoms with Gasteiger partial charge in [-0.05, 0) is 69.2 Å². The van der Waals surface area contributed by atoms with E-state index < -0.39 is 0 Å². The van der Waals surface area contributed by atoms with E-state index in [0.29, 0.717) is 25.2 Å². The number of piperidine rings is 1. The standard InChI is InChI=1S/C23H28FN3O2S/c24-18-11-9-16(10-12-18)23(29)27-14-4-5-17(15-27)22(28)25-13-3-8-21-26-19-6-1-2-7-20(19)30-21/h9-12,17H,1-8,13-15H2,(H,25,28). The number of thiazole rings is 1. The fraction of sp³-hybridized carbons (Fsp3) is 0.522. The molecule has 1 aliphatic carbocycles. The van der Waals surface area contributed by atoms with Crippen molar-refractivity contribution in [2.75, 3.05) is 19.6 Å². The van der Waals surface area contributed by atoms with Gasteiger partial charge >= 0.3 is 0 Å². The Bertz CT molecular complexity index is 873. The molecule has 2 amide bonds. The van der Waals surface area contributed by atoms with E-state index in [1.807, 2.05) is 11.3 Å². The summed E-state index contributed by atoms with van der Waals surface area (Å²) >= 11 is 1.83. The average Bonchev–Trinajstić information content (AvgIpc) is 3.19. The van der Waals surface area contributed by atoms with Crippen molar-refractivity contribution in [3.63, 3.8) is 0 Å². The lowest BCUT2D eigenvalue weighted by Crippen LogP contribution is -2.45. The van der Waals surface area contributed by atoms with Crippen molar-refractivity contribution in [3.05, 3.63) is 51.2 Å². The zero-order valence-electron chi connectivity index (χ0n) is 17.2. The van der Waals surface area contributed by atoms with Crippen molar-refractivity contribution < 1.29 is 14.0 Å². The Morgan fingerprint density at radius 1 is 1.17 bits per heavy atom. The first-order valence-electron chi connectivity index (χ1n) is 10.9. The van der Waals surface area contributed by atoms with Gasteiger partial charge in [0.1, 0.15) is 5.82 Å². The monoisotopic (exact) mass is 429 g/mol. The van der Waals surface area contributed by atoms with Gasteiger partial charge in [0.2, 0.25) is 5.91 Å². The van der Waals surface area contributed by atoms with Crippen LogP contribution in [0.15, 0.2) is 24.3 Å². The van der Waals surface area contributed by atoms with E-state index in [9.17, 15) is 14.0 Å². The van der Waals surface area contributed by atoms with Crippen molar-refractivity contribution in [2.45, 2.75) is 51.4 Å². The second-order valence-corrected chi connectivity index (χ2v) is 9.34. The van der Waals surface area contributed by atoms with Crippen molar-refractivity contribution in [3.8, 4) is 0 Å². The summed E-state index contributed by atoms with van der Waals surface area (Å²) in [5.74, 6) is -0.666. The van der Waals surface area contributed by atoms with Gasteiger partial charge in [-0.25, -0.2) is 9.37 Å². The van der Waals surface area contributed by atoms with E-state index in [1.54, 1.807) is 4.90 Å². The van der Waals surface area contributed by atoms with Gasteiger partial charge in [0.15, 0.2) is 0 Å². The van der Waals surface area contributed by atoms with Crippen molar-refractivity contribution in [1.82, 2.24) is 15.2 Å². The SMILES string of the molecule is O=C(NCCCc1nc2c(s1)CCCC2)C1CCCN(C(=O)c2ccc(F)cc2)C1. The maximum Gasteiger partial charge on any atom is 0.253 e. The normalized spacial score (nSPS) is 18.7. The van der Waals surface area contributed by atoms with Gasteiger partial charge in [-0.15, -0.1) is 11.3 Å². The molecule has 5 nitrogen and oxygen atoms in total. The number of aryl methyl sites for hydroxylation is 3. The Kier molecular flexibility index (Phi) is 6.77. The molecular formula is C23H28FN3O2S. The number of aromatic nitrogens is 1. The predicted octanol–water partition coefficient (Wildman–Crippen LogP) is 3.76. The van der Waals surface area contributed by atoms with E-state index in [1.165, 1.54) is 59.1 Å². The molecule has 1 aliphatic heterocycles. The minimum absolute atomic E-state index is 0.0186. The Labute approximate surface area is 180 Å². The zero-order chi connectivity index (χ0) is 20.9. The fourth-order valence-corrected chi connectivity index (χ4v) is 5.46. The summed E-state index contributed by atoms with van der Waals surface area (Å²) < 4.78 is 13.1. The van der Waals surface area contributed by atoms with Crippen LogP contribution in [-0.4, -0.2) is 41.3 Å². The van der Waals surface area contributed by atoms with Gasteiger partial charge in [0.25, 0.3) is 5.91 Å². The van der Waals surface area contributed by atoms with E-state index >= 15 is 0 Å². The summed E-state index contributed by atoms with van der Waals surface area (Å²) in [6.07, 6.45) is 8.16. The van der Waals surface area contributed by atoms with Gasteiger partial charge in [-0.2, -0.15) is 0 Å². The number of hydrogen-bond acceptors (Lipinski definition) is 4. The molecule has 1 aromatic heterocycles. The maximum absolute atomic E-state index is 13.1. The third kappa shape index (κ3) is 5.06. The molecule has 30 heavy (non-hydrogen) atoms. The van der Waals surface area contributed by atoms with Crippen LogP contribution in [-0.2, 0) is 24.1 Å². The summed E-state index contributed by atoms with van der Waals surface area (Å²) in [6.45, 7) is 1.68. The van der Waals surface area contributed by atoms with Crippen molar-refractivity contribution >= 4 is 23.2 Å². The third-order valence-corrected chi connectivity index (χ3v) is 7.14. The molecule has 2 aliphatic rings. The fourth-order valence-electron chi connectivity index (χ4n) is 4.26. The molecule has 4 rings (SSSR count). The topological polar surface area (TPSA) is 62.3 Å². The molecule has 2 aromatic rings. The number of likely N-dealkylation sites (tertiary alicyclic amines) is 1. The highest BCUT2D eigenvalue weighted by molar-refractivity contribution is 7.11. The molecule has 0 bridgehead atoms. The van der Waals surface area contributed by atoms with Crippen LogP contribution in [0.5, 0.6) is 0 Å². The predicted molar refractivity (Wildman–Crippen MR) is 115 cm³/mol. The largest absolute Gasteiger partial charge is 0.356 e. The zero-order valence-corrected chi connectivity index (χ0v) is 18.0. The number of halogens is 1. The molecule has 1 fully saturated rings. The summed E-state index contributed by atoms with van der Waals surface area (Å²) in [6, 6.07) is 5.58. The lowest BCUT2D eigenvalue weighted by Gasteiger charge is -2.32. The van der Waals surface area contributed by atoms with E-state index in [0.717, 1.165) is 32.1 Å². The number of carbonyl (C=O) groups excluding carboxylic acids is 2. The van der Waals surface area contributed by atoms with Crippen LogP contribution in [0.25, 0.3) is 0 Å². The second kappa shape index (κ2) is 9.69. The van der Waals surface area contributed by atoms with Crippen molar-refractivity contribution in [2.24, 2.45) is 5.92 Å². The van der Waals surface area contributed by atoms with Gasteiger partial charge < -0.3 is 10.2 Å². The summed E-state index contributed by atoms with van der Waals surface area (Å²) in [5, 5.41) is 4.23.